The van der Waals surface area contributed by atoms with Gasteiger partial charge in [0.1, 0.15) is 0 Å². The molecule has 3 N–H and O–H groups in total. The Morgan fingerprint density at radius 1 is 1.38 bits per heavy atom. The van der Waals surface area contributed by atoms with Crippen molar-refractivity contribution in [1.29, 1.82) is 0 Å². The van der Waals surface area contributed by atoms with Crippen LogP contribution in [0, 0.1) is 0 Å². The van der Waals surface area contributed by atoms with Crippen molar-refractivity contribution >= 4 is 5.96 Å². The van der Waals surface area contributed by atoms with Crippen LogP contribution in [0.5, 0.6) is 0 Å². The van der Waals surface area contributed by atoms with E-state index in [1.54, 1.807) is 0 Å². The van der Waals surface area contributed by atoms with Gasteiger partial charge in [0.15, 0.2) is 5.96 Å². The van der Waals surface area contributed by atoms with Crippen LogP contribution >= 0.6 is 0 Å². The number of hydrogen-bond donors (Lipinski definition) is 2. The Kier molecular flexibility index (Phi) is 5.40. The highest BCUT2D eigenvalue weighted by Crippen LogP contribution is 2.02. The van der Waals surface area contributed by atoms with Crippen molar-refractivity contribution in [3.63, 3.8) is 0 Å². The van der Waals surface area contributed by atoms with Crippen molar-refractivity contribution in [3.05, 3.63) is 35.9 Å². The zero-order chi connectivity index (χ0) is 11.8. The van der Waals surface area contributed by atoms with E-state index >= 15 is 0 Å². The normalized spacial score (nSPS) is 13.5. The molecule has 0 heterocycles. The van der Waals surface area contributed by atoms with E-state index in [0.29, 0.717) is 12.0 Å². The Hall–Kier alpha value is -1.51. The van der Waals surface area contributed by atoms with Crippen molar-refractivity contribution in [2.45, 2.75) is 32.7 Å². The third-order valence-electron chi connectivity index (χ3n) is 2.28. The number of rotatable bonds is 5. The molecule has 3 heteroatoms. The summed E-state index contributed by atoms with van der Waals surface area (Å²) in [5.41, 5.74) is 7.06. The predicted molar refractivity (Wildman–Crippen MR) is 69.5 cm³/mol. The lowest BCUT2D eigenvalue weighted by atomic mass is 10.1. The van der Waals surface area contributed by atoms with E-state index in [9.17, 15) is 0 Å². The lowest BCUT2D eigenvalue weighted by Gasteiger charge is -2.14. The Balaban J connectivity index is 2.39. The number of nitrogens with two attached hydrogens (primary N) is 1. The zero-order valence-electron chi connectivity index (χ0n) is 10.1. The van der Waals surface area contributed by atoms with Gasteiger partial charge in [-0.25, -0.2) is 0 Å². The topological polar surface area (TPSA) is 50.4 Å². The average Bonchev–Trinajstić information content (AvgIpc) is 2.27. The van der Waals surface area contributed by atoms with Crippen LogP contribution in [0.25, 0.3) is 0 Å². The molecule has 0 aromatic heterocycles. The molecule has 0 saturated heterocycles. The molecule has 1 aromatic rings. The van der Waals surface area contributed by atoms with Gasteiger partial charge in [-0.1, -0.05) is 37.3 Å². The Morgan fingerprint density at radius 3 is 2.69 bits per heavy atom. The molecule has 0 aliphatic carbocycles. The summed E-state index contributed by atoms with van der Waals surface area (Å²) in [6, 6.07) is 10.7. The summed E-state index contributed by atoms with van der Waals surface area (Å²) in [4.78, 5) is 4.21. The molecule has 16 heavy (non-hydrogen) atoms. The number of aliphatic imine (C=N–C) groups is 1. The second-order valence-corrected chi connectivity index (χ2v) is 4.00. The van der Waals surface area contributed by atoms with Gasteiger partial charge >= 0.3 is 0 Å². The Labute approximate surface area is 97.8 Å². The SMILES string of the molecule is CCCN=C(N)NC(C)Cc1ccccc1. The van der Waals surface area contributed by atoms with Crippen molar-refractivity contribution < 1.29 is 0 Å². The molecular formula is C13H21N3. The lowest BCUT2D eigenvalue weighted by molar-refractivity contribution is 0.654. The van der Waals surface area contributed by atoms with Crippen molar-refractivity contribution in [1.82, 2.24) is 5.32 Å². The molecule has 0 bridgehead atoms. The minimum absolute atomic E-state index is 0.308. The number of guanidine groups is 1. The van der Waals surface area contributed by atoms with Crippen LogP contribution < -0.4 is 11.1 Å². The number of benzene rings is 1. The number of nitrogens with zero attached hydrogens (tertiary/aromatic N) is 1. The summed E-state index contributed by atoms with van der Waals surface area (Å²) in [5, 5.41) is 3.19. The first-order valence-corrected chi connectivity index (χ1v) is 5.82. The van der Waals surface area contributed by atoms with E-state index in [4.69, 9.17) is 5.73 Å². The smallest absolute Gasteiger partial charge is 0.188 e. The van der Waals surface area contributed by atoms with Gasteiger partial charge in [-0.3, -0.25) is 4.99 Å². The maximum atomic E-state index is 5.75. The van der Waals surface area contributed by atoms with Gasteiger partial charge < -0.3 is 11.1 Å². The number of nitrogens with one attached hydrogen (secondary N) is 1. The molecule has 1 rings (SSSR count). The van der Waals surface area contributed by atoms with Crippen LogP contribution in [0.2, 0.25) is 0 Å². The van der Waals surface area contributed by atoms with Gasteiger partial charge in [0, 0.05) is 12.6 Å². The van der Waals surface area contributed by atoms with Crippen LogP contribution in [0.4, 0.5) is 0 Å². The van der Waals surface area contributed by atoms with Crippen LogP contribution in [-0.4, -0.2) is 18.5 Å². The van der Waals surface area contributed by atoms with Gasteiger partial charge in [-0.05, 0) is 25.3 Å². The van der Waals surface area contributed by atoms with Crippen molar-refractivity contribution in [2.24, 2.45) is 10.7 Å². The molecule has 3 nitrogen and oxygen atoms in total. The summed E-state index contributed by atoms with van der Waals surface area (Å²) in [5.74, 6) is 0.547. The number of hydrogen-bond acceptors (Lipinski definition) is 1. The average molecular weight is 219 g/mol. The standard InChI is InChI=1S/C13H21N3/c1-3-9-15-13(14)16-11(2)10-12-7-5-4-6-8-12/h4-8,11H,3,9-10H2,1-2H3,(H3,14,15,16). The van der Waals surface area contributed by atoms with Crippen molar-refractivity contribution in [3.8, 4) is 0 Å². The second-order valence-electron chi connectivity index (χ2n) is 4.00. The lowest BCUT2D eigenvalue weighted by Crippen LogP contribution is -2.39. The molecule has 0 aliphatic rings. The van der Waals surface area contributed by atoms with E-state index in [1.807, 2.05) is 6.07 Å². The predicted octanol–water partition coefficient (Wildman–Crippen LogP) is 1.93. The summed E-state index contributed by atoms with van der Waals surface area (Å²) in [6.07, 6.45) is 1.98. The minimum Gasteiger partial charge on any atom is -0.370 e. The molecule has 0 spiro atoms. The fraction of sp³-hybridized carbons (Fsp3) is 0.462. The highest BCUT2D eigenvalue weighted by molar-refractivity contribution is 5.78. The first-order valence-electron chi connectivity index (χ1n) is 5.82. The Morgan fingerprint density at radius 2 is 2.06 bits per heavy atom. The third-order valence-corrected chi connectivity index (χ3v) is 2.28. The van der Waals surface area contributed by atoms with Gasteiger partial charge in [-0.2, -0.15) is 0 Å². The quantitative estimate of drug-likeness (QED) is 0.587. The molecular weight excluding hydrogens is 198 g/mol. The highest BCUT2D eigenvalue weighted by Gasteiger charge is 2.03. The molecule has 0 fully saturated rings. The van der Waals surface area contributed by atoms with E-state index < -0.39 is 0 Å². The van der Waals surface area contributed by atoms with Crippen LogP contribution in [0.1, 0.15) is 25.8 Å². The first kappa shape index (κ1) is 12.6. The maximum absolute atomic E-state index is 5.75. The monoisotopic (exact) mass is 219 g/mol. The Bertz CT molecular complexity index is 319. The van der Waals surface area contributed by atoms with Crippen LogP contribution in [-0.2, 0) is 6.42 Å². The van der Waals surface area contributed by atoms with E-state index in [1.165, 1.54) is 5.56 Å². The van der Waals surface area contributed by atoms with Crippen LogP contribution in [0.3, 0.4) is 0 Å². The minimum atomic E-state index is 0.308. The molecule has 0 saturated carbocycles. The molecule has 0 amide bonds. The summed E-state index contributed by atoms with van der Waals surface area (Å²) in [6.45, 7) is 4.99. The fourth-order valence-electron chi connectivity index (χ4n) is 1.55. The van der Waals surface area contributed by atoms with Crippen LogP contribution in [0.15, 0.2) is 35.3 Å². The highest BCUT2D eigenvalue weighted by atomic mass is 15.1. The molecule has 1 aromatic carbocycles. The summed E-state index contributed by atoms with van der Waals surface area (Å²) >= 11 is 0. The third kappa shape index (κ3) is 4.82. The first-order chi connectivity index (χ1) is 7.72. The van der Waals surface area contributed by atoms with E-state index in [0.717, 1.165) is 19.4 Å². The maximum Gasteiger partial charge on any atom is 0.188 e. The van der Waals surface area contributed by atoms with E-state index in [2.05, 4.69) is 48.4 Å². The molecule has 1 atom stereocenters. The molecule has 0 aliphatic heterocycles. The molecule has 1 unspecified atom stereocenters. The van der Waals surface area contributed by atoms with Gasteiger partial charge in [0.2, 0.25) is 0 Å². The van der Waals surface area contributed by atoms with Crippen molar-refractivity contribution in [2.75, 3.05) is 6.54 Å². The molecule has 0 radical (unpaired) electrons. The van der Waals surface area contributed by atoms with Gasteiger partial charge in [-0.15, -0.1) is 0 Å². The second kappa shape index (κ2) is 6.88. The fourth-order valence-corrected chi connectivity index (χ4v) is 1.55. The van der Waals surface area contributed by atoms with Gasteiger partial charge in [0.25, 0.3) is 0 Å². The summed E-state index contributed by atoms with van der Waals surface area (Å²) in [7, 11) is 0. The van der Waals surface area contributed by atoms with E-state index in [-0.39, 0.29) is 0 Å². The molecule has 88 valence electrons. The largest absolute Gasteiger partial charge is 0.370 e. The zero-order valence-corrected chi connectivity index (χ0v) is 10.1. The van der Waals surface area contributed by atoms with Gasteiger partial charge in [0.05, 0.1) is 0 Å². The summed E-state index contributed by atoms with van der Waals surface area (Å²) < 4.78 is 0.